The zero-order valence-corrected chi connectivity index (χ0v) is 11.2. The lowest BCUT2D eigenvalue weighted by molar-refractivity contribution is 0.471. The summed E-state index contributed by atoms with van der Waals surface area (Å²) in [5.74, 6) is 0.296. The van der Waals surface area contributed by atoms with Gasteiger partial charge >= 0.3 is 0 Å². The number of rotatable bonds is 1. The summed E-state index contributed by atoms with van der Waals surface area (Å²) in [6.07, 6.45) is 0. The van der Waals surface area contributed by atoms with E-state index in [-0.39, 0.29) is 0 Å². The molecule has 0 unspecified atom stereocenters. The van der Waals surface area contributed by atoms with Crippen LogP contribution in [-0.4, -0.2) is 10.1 Å². The molecule has 0 aliphatic heterocycles. The number of thiazole rings is 1. The van der Waals surface area contributed by atoms with E-state index in [1.54, 1.807) is 17.4 Å². The van der Waals surface area contributed by atoms with E-state index in [4.69, 9.17) is 11.6 Å². The first-order chi connectivity index (χ1) is 8.63. The highest BCUT2D eigenvalue weighted by Gasteiger charge is 2.08. The molecule has 0 saturated carbocycles. The summed E-state index contributed by atoms with van der Waals surface area (Å²) in [4.78, 5) is 4.54. The average molecular weight is 276 g/mol. The van der Waals surface area contributed by atoms with Crippen LogP contribution in [0.1, 0.15) is 5.56 Å². The van der Waals surface area contributed by atoms with Gasteiger partial charge in [-0.1, -0.05) is 23.7 Å². The van der Waals surface area contributed by atoms with E-state index in [0.717, 1.165) is 26.4 Å². The number of benzene rings is 2. The van der Waals surface area contributed by atoms with Crippen molar-refractivity contribution in [3.63, 3.8) is 0 Å². The second kappa shape index (κ2) is 4.26. The molecule has 0 saturated heterocycles. The van der Waals surface area contributed by atoms with Crippen LogP contribution in [0.3, 0.4) is 0 Å². The summed E-state index contributed by atoms with van der Waals surface area (Å²) in [6, 6.07) is 11.3. The van der Waals surface area contributed by atoms with E-state index in [1.807, 2.05) is 37.3 Å². The van der Waals surface area contributed by atoms with Gasteiger partial charge in [0.1, 0.15) is 10.8 Å². The van der Waals surface area contributed by atoms with Crippen molar-refractivity contribution in [2.45, 2.75) is 6.92 Å². The largest absolute Gasteiger partial charge is 0.508 e. The molecule has 2 nitrogen and oxygen atoms in total. The minimum atomic E-state index is 0.296. The number of halogens is 1. The molecule has 90 valence electrons. The van der Waals surface area contributed by atoms with E-state index in [0.29, 0.717) is 10.8 Å². The first-order valence-electron chi connectivity index (χ1n) is 5.49. The Morgan fingerprint density at radius 2 is 2.00 bits per heavy atom. The van der Waals surface area contributed by atoms with Crippen LogP contribution in [-0.2, 0) is 0 Å². The third-order valence-electron chi connectivity index (χ3n) is 2.81. The lowest BCUT2D eigenvalue weighted by atomic mass is 10.1. The van der Waals surface area contributed by atoms with Crippen molar-refractivity contribution in [2.75, 3.05) is 0 Å². The third kappa shape index (κ3) is 1.96. The number of hydrogen-bond donors (Lipinski definition) is 1. The minimum absolute atomic E-state index is 0.296. The molecule has 0 atom stereocenters. The summed E-state index contributed by atoms with van der Waals surface area (Å²) < 4.78 is 1.05. The van der Waals surface area contributed by atoms with Gasteiger partial charge in [-0.3, -0.25) is 0 Å². The maximum absolute atomic E-state index is 9.74. The predicted octanol–water partition coefficient (Wildman–Crippen LogP) is 4.63. The maximum atomic E-state index is 9.74. The maximum Gasteiger partial charge on any atom is 0.124 e. The molecule has 1 N–H and O–H groups in total. The Morgan fingerprint density at radius 1 is 1.17 bits per heavy atom. The van der Waals surface area contributed by atoms with Crippen molar-refractivity contribution in [1.82, 2.24) is 4.98 Å². The number of aryl methyl sites for hydroxylation is 1. The van der Waals surface area contributed by atoms with E-state index in [1.165, 1.54) is 0 Å². The Hall–Kier alpha value is -1.58. The highest BCUT2D eigenvalue weighted by atomic mass is 35.5. The second-order valence-electron chi connectivity index (χ2n) is 4.13. The van der Waals surface area contributed by atoms with Gasteiger partial charge in [0, 0.05) is 10.6 Å². The number of aromatic hydroxyl groups is 1. The quantitative estimate of drug-likeness (QED) is 0.702. The monoisotopic (exact) mass is 275 g/mol. The molecule has 0 aliphatic carbocycles. The Balaban J connectivity index is 2.16. The molecule has 0 fully saturated rings. The highest BCUT2D eigenvalue weighted by Crippen LogP contribution is 2.33. The van der Waals surface area contributed by atoms with Gasteiger partial charge in [-0.15, -0.1) is 11.3 Å². The van der Waals surface area contributed by atoms with Crippen molar-refractivity contribution >= 4 is 33.2 Å². The Morgan fingerprint density at radius 3 is 2.78 bits per heavy atom. The molecule has 0 aliphatic rings. The molecular weight excluding hydrogens is 266 g/mol. The van der Waals surface area contributed by atoms with Crippen LogP contribution in [0, 0.1) is 6.92 Å². The Kier molecular flexibility index (Phi) is 2.73. The molecule has 4 heteroatoms. The fourth-order valence-electron chi connectivity index (χ4n) is 1.76. The van der Waals surface area contributed by atoms with Gasteiger partial charge in [0.15, 0.2) is 0 Å². The molecule has 2 aromatic carbocycles. The number of aromatic nitrogens is 1. The molecule has 0 amide bonds. The van der Waals surface area contributed by atoms with Crippen molar-refractivity contribution in [2.24, 2.45) is 0 Å². The van der Waals surface area contributed by atoms with Crippen LogP contribution in [0.15, 0.2) is 36.4 Å². The number of fused-ring (bicyclic) bond motifs is 1. The van der Waals surface area contributed by atoms with Crippen molar-refractivity contribution in [1.29, 1.82) is 0 Å². The van der Waals surface area contributed by atoms with Gasteiger partial charge in [-0.05, 0) is 36.8 Å². The number of phenolic OH excluding ortho intramolecular Hbond substituents is 1. The lowest BCUT2D eigenvalue weighted by Gasteiger charge is -2.00. The normalized spacial score (nSPS) is 11.0. The predicted molar refractivity (Wildman–Crippen MR) is 76.5 cm³/mol. The van der Waals surface area contributed by atoms with Gasteiger partial charge < -0.3 is 5.11 Å². The summed E-state index contributed by atoms with van der Waals surface area (Å²) in [5.41, 5.74) is 2.72. The van der Waals surface area contributed by atoms with E-state index in [2.05, 4.69) is 4.98 Å². The summed E-state index contributed by atoms with van der Waals surface area (Å²) in [6.45, 7) is 1.87. The van der Waals surface area contributed by atoms with Gasteiger partial charge in [-0.25, -0.2) is 4.98 Å². The van der Waals surface area contributed by atoms with E-state index >= 15 is 0 Å². The molecule has 0 spiro atoms. The van der Waals surface area contributed by atoms with Crippen LogP contribution in [0.2, 0.25) is 5.02 Å². The fraction of sp³-hybridized carbons (Fsp3) is 0.0714. The molecule has 0 radical (unpaired) electrons. The molecular formula is C14H10ClNOS. The zero-order chi connectivity index (χ0) is 12.7. The smallest absolute Gasteiger partial charge is 0.124 e. The Labute approximate surface area is 113 Å². The van der Waals surface area contributed by atoms with E-state index < -0.39 is 0 Å². The van der Waals surface area contributed by atoms with Crippen LogP contribution in [0.4, 0.5) is 0 Å². The molecule has 1 heterocycles. The summed E-state index contributed by atoms with van der Waals surface area (Å²) >= 11 is 7.53. The minimum Gasteiger partial charge on any atom is -0.508 e. The molecule has 3 rings (SSSR count). The second-order valence-corrected chi connectivity index (χ2v) is 5.60. The van der Waals surface area contributed by atoms with Crippen molar-refractivity contribution < 1.29 is 5.11 Å². The van der Waals surface area contributed by atoms with Gasteiger partial charge in [0.05, 0.1) is 10.2 Å². The summed E-state index contributed by atoms with van der Waals surface area (Å²) in [5, 5.41) is 11.3. The fourth-order valence-corrected chi connectivity index (χ4v) is 3.00. The van der Waals surface area contributed by atoms with Crippen molar-refractivity contribution in [3.8, 4) is 16.3 Å². The molecule has 0 bridgehead atoms. The van der Waals surface area contributed by atoms with Gasteiger partial charge in [0.25, 0.3) is 0 Å². The van der Waals surface area contributed by atoms with Gasteiger partial charge in [0.2, 0.25) is 0 Å². The van der Waals surface area contributed by atoms with Crippen LogP contribution in [0.5, 0.6) is 5.75 Å². The zero-order valence-electron chi connectivity index (χ0n) is 9.64. The topological polar surface area (TPSA) is 33.1 Å². The SMILES string of the molecule is Cc1ccc(-c2nc3ccc(Cl)cc3s2)cc1O. The van der Waals surface area contributed by atoms with Crippen LogP contribution < -0.4 is 0 Å². The van der Waals surface area contributed by atoms with Crippen molar-refractivity contribution in [3.05, 3.63) is 47.0 Å². The van der Waals surface area contributed by atoms with Gasteiger partial charge in [-0.2, -0.15) is 0 Å². The van der Waals surface area contributed by atoms with Crippen LogP contribution >= 0.6 is 22.9 Å². The molecule has 3 aromatic rings. The Bertz CT molecular complexity index is 736. The number of nitrogens with zero attached hydrogens (tertiary/aromatic N) is 1. The first kappa shape index (κ1) is 11.5. The van der Waals surface area contributed by atoms with E-state index in [9.17, 15) is 5.11 Å². The van der Waals surface area contributed by atoms with Crippen LogP contribution in [0.25, 0.3) is 20.8 Å². The molecule has 18 heavy (non-hydrogen) atoms. The third-order valence-corrected chi connectivity index (χ3v) is 4.11. The number of phenols is 1. The standard InChI is InChI=1S/C14H10ClNOS/c1-8-2-3-9(6-12(8)17)14-16-11-5-4-10(15)7-13(11)18-14/h2-7,17H,1H3. The first-order valence-corrected chi connectivity index (χ1v) is 6.69. The number of hydrogen-bond acceptors (Lipinski definition) is 3. The summed E-state index contributed by atoms with van der Waals surface area (Å²) in [7, 11) is 0. The average Bonchev–Trinajstić information content (AvgIpc) is 2.75. The highest BCUT2D eigenvalue weighted by molar-refractivity contribution is 7.21. The molecule has 1 aromatic heterocycles. The lowest BCUT2D eigenvalue weighted by Crippen LogP contribution is -1.78.